The van der Waals surface area contributed by atoms with Gasteiger partial charge in [-0.15, -0.1) is 5.10 Å². The van der Waals surface area contributed by atoms with Gasteiger partial charge in [-0.25, -0.2) is 0 Å². The number of fused-ring (bicyclic) bond motifs is 1. The molecular formula is C19H23N5O3. The number of likely N-dealkylation sites (tertiary alicyclic amines) is 1. The largest absolute Gasteiger partial charge is 0.387 e. The Morgan fingerprint density at radius 2 is 2.11 bits per heavy atom. The summed E-state index contributed by atoms with van der Waals surface area (Å²) in [6, 6.07) is 7.60. The van der Waals surface area contributed by atoms with Gasteiger partial charge in [0.25, 0.3) is 0 Å². The molecule has 27 heavy (non-hydrogen) atoms. The molecule has 1 N–H and O–H groups in total. The maximum atomic E-state index is 12.6. The van der Waals surface area contributed by atoms with E-state index in [1.165, 1.54) is 0 Å². The van der Waals surface area contributed by atoms with Gasteiger partial charge < -0.3 is 14.5 Å². The van der Waals surface area contributed by atoms with E-state index >= 15 is 0 Å². The second kappa shape index (κ2) is 7.48. The highest BCUT2D eigenvalue weighted by Crippen LogP contribution is 2.22. The van der Waals surface area contributed by atoms with Crippen molar-refractivity contribution >= 4 is 16.9 Å². The van der Waals surface area contributed by atoms with Crippen molar-refractivity contribution in [1.29, 1.82) is 0 Å². The van der Waals surface area contributed by atoms with E-state index in [4.69, 9.17) is 4.52 Å². The molecule has 3 aromatic rings. The summed E-state index contributed by atoms with van der Waals surface area (Å²) in [6.07, 6.45) is 3.30. The van der Waals surface area contributed by atoms with Crippen molar-refractivity contribution in [3.63, 3.8) is 0 Å². The zero-order valence-corrected chi connectivity index (χ0v) is 15.3. The third kappa shape index (κ3) is 3.85. The summed E-state index contributed by atoms with van der Waals surface area (Å²) in [5.41, 5.74) is 2.00. The van der Waals surface area contributed by atoms with Crippen LogP contribution in [0.2, 0.25) is 0 Å². The van der Waals surface area contributed by atoms with Crippen LogP contribution in [0.1, 0.15) is 37.3 Å². The van der Waals surface area contributed by atoms with Gasteiger partial charge in [-0.3, -0.25) is 9.48 Å². The number of aliphatic hydroxyl groups excluding tert-OH is 1. The van der Waals surface area contributed by atoms with Crippen LogP contribution in [0.15, 0.2) is 35.0 Å². The number of nitrogens with zero attached hydrogens (tertiary/aromatic N) is 5. The van der Waals surface area contributed by atoms with E-state index in [1.54, 1.807) is 17.8 Å². The third-order valence-corrected chi connectivity index (χ3v) is 5.17. The monoisotopic (exact) mass is 369 g/mol. The number of piperidine rings is 1. The topological polar surface area (TPSA) is 97.3 Å². The lowest BCUT2D eigenvalue weighted by atomic mass is 9.96. The summed E-state index contributed by atoms with van der Waals surface area (Å²) in [7, 11) is 0. The quantitative estimate of drug-likeness (QED) is 0.738. The Hall–Kier alpha value is -2.74. The fourth-order valence-corrected chi connectivity index (χ4v) is 3.54. The number of benzene rings is 1. The molecule has 1 saturated heterocycles. The number of aliphatic hydroxyl groups is 1. The highest BCUT2D eigenvalue weighted by molar-refractivity contribution is 5.86. The standard InChI is InChI=1S/C19H23N5O3/c1-13(25)17-12-24(22-20-17)11-14-6-8-23(9-7-14)19(26)10-16-15-4-2-3-5-18(15)27-21-16/h2-5,12-14,25H,6-11H2,1H3. The second-order valence-corrected chi connectivity index (χ2v) is 7.17. The summed E-state index contributed by atoms with van der Waals surface area (Å²) < 4.78 is 7.07. The molecule has 1 fully saturated rings. The summed E-state index contributed by atoms with van der Waals surface area (Å²) in [6.45, 7) is 3.90. The Morgan fingerprint density at radius 3 is 2.85 bits per heavy atom. The first-order valence-electron chi connectivity index (χ1n) is 9.29. The zero-order valence-electron chi connectivity index (χ0n) is 15.3. The average molecular weight is 369 g/mol. The molecule has 0 bridgehead atoms. The third-order valence-electron chi connectivity index (χ3n) is 5.17. The van der Waals surface area contributed by atoms with E-state index in [2.05, 4.69) is 15.5 Å². The van der Waals surface area contributed by atoms with Crippen molar-refractivity contribution in [2.75, 3.05) is 13.1 Å². The van der Waals surface area contributed by atoms with E-state index in [1.807, 2.05) is 29.2 Å². The summed E-state index contributed by atoms with van der Waals surface area (Å²) in [5.74, 6) is 0.537. The Bertz CT molecular complexity index is 924. The average Bonchev–Trinajstić information content (AvgIpc) is 3.30. The van der Waals surface area contributed by atoms with E-state index in [0.29, 0.717) is 22.9 Å². The first kappa shape index (κ1) is 17.7. The van der Waals surface area contributed by atoms with Gasteiger partial charge in [0.15, 0.2) is 5.58 Å². The Labute approximate surface area is 156 Å². The maximum absolute atomic E-state index is 12.6. The van der Waals surface area contributed by atoms with Crippen molar-refractivity contribution < 1.29 is 14.4 Å². The van der Waals surface area contributed by atoms with Crippen molar-refractivity contribution in [2.24, 2.45) is 5.92 Å². The molecule has 0 spiro atoms. The number of carbonyl (C=O) groups is 1. The first-order chi connectivity index (χ1) is 13.1. The van der Waals surface area contributed by atoms with Gasteiger partial charge in [0.2, 0.25) is 5.91 Å². The molecule has 1 amide bonds. The number of amides is 1. The van der Waals surface area contributed by atoms with Crippen molar-refractivity contribution in [2.45, 2.75) is 38.8 Å². The summed E-state index contributed by atoms with van der Waals surface area (Å²) >= 11 is 0. The van der Waals surface area contributed by atoms with Gasteiger partial charge in [0.1, 0.15) is 11.4 Å². The fraction of sp³-hybridized carbons (Fsp3) is 0.474. The Morgan fingerprint density at radius 1 is 1.33 bits per heavy atom. The number of hydrogen-bond acceptors (Lipinski definition) is 6. The molecule has 8 heteroatoms. The fourth-order valence-electron chi connectivity index (χ4n) is 3.54. The summed E-state index contributed by atoms with van der Waals surface area (Å²) in [5, 5.41) is 22.5. The van der Waals surface area contributed by atoms with E-state index in [0.717, 1.165) is 37.9 Å². The minimum Gasteiger partial charge on any atom is -0.387 e. The lowest BCUT2D eigenvalue weighted by Gasteiger charge is -2.31. The maximum Gasteiger partial charge on any atom is 0.228 e. The highest BCUT2D eigenvalue weighted by atomic mass is 16.5. The molecule has 0 saturated carbocycles. The van der Waals surface area contributed by atoms with Crippen LogP contribution >= 0.6 is 0 Å². The van der Waals surface area contributed by atoms with Crippen LogP contribution < -0.4 is 0 Å². The first-order valence-corrected chi connectivity index (χ1v) is 9.29. The number of para-hydroxylation sites is 1. The predicted molar refractivity (Wildman–Crippen MR) is 97.7 cm³/mol. The van der Waals surface area contributed by atoms with Gasteiger partial charge in [0, 0.05) is 25.0 Å². The van der Waals surface area contributed by atoms with E-state index in [9.17, 15) is 9.90 Å². The number of hydrogen-bond donors (Lipinski definition) is 1. The van der Waals surface area contributed by atoms with Crippen molar-refractivity contribution in [3.05, 3.63) is 41.9 Å². The van der Waals surface area contributed by atoms with Gasteiger partial charge in [-0.1, -0.05) is 22.5 Å². The zero-order chi connectivity index (χ0) is 18.8. The van der Waals surface area contributed by atoms with Gasteiger partial charge in [0.05, 0.1) is 18.7 Å². The molecule has 1 unspecified atom stereocenters. The molecule has 142 valence electrons. The molecule has 1 aliphatic rings. The van der Waals surface area contributed by atoms with Crippen LogP contribution in [0.3, 0.4) is 0 Å². The van der Waals surface area contributed by atoms with Crippen LogP contribution in [0.4, 0.5) is 0 Å². The van der Waals surface area contributed by atoms with Crippen LogP contribution in [0.25, 0.3) is 11.0 Å². The molecule has 1 aromatic carbocycles. The van der Waals surface area contributed by atoms with Crippen LogP contribution in [-0.2, 0) is 17.8 Å². The van der Waals surface area contributed by atoms with Gasteiger partial charge in [-0.05, 0) is 37.8 Å². The Kier molecular flexibility index (Phi) is 4.89. The van der Waals surface area contributed by atoms with E-state index in [-0.39, 0.29) is 12.3 Å². The van der Waals surface area contributed by atoms with Crippen LogP contribution in [0, 0.1) is 5.92 Å². The number of carbonyl (C=O) groups excluding carboxylic acids is 1. The van der Waals surface area contributed by atoms with Crippen LogP contribution in [-0.4, -0.2) is 49.2 Å². The molecule has 3 heterocycles. The number of aromatic nitrogens is 4. The van der Waals surface area contributed by atoms with Crippen LogP contribution in [0.5, 0.6) is 0 Å². The predicted octanol–water partition coefficient (Wildman–Crippen LogP) is 1.95. The lowest BCUT2D eigenvalue weighted by molar-refractivity contribution is -0.132. The smallest absolute Gasteiger partial charge is 0.228 e. The second-order valence-electron chi connectivity index (χ2n) is 7.17. The normalized spacial score (nSPS) is 16.7. The number of rotatable bonds is 5. The highest BCUT2D eigenvalue weighted by Gasteiger charge is 2.25. The SMILES string of the molecule is CC(O)c1cn(CC2CCN(C(=O)Cc3noc4ccccc34)CC2)nn1. The minimum absolute atomic E-state index is 0.0876. The Balaban J connectivity index is 1.31. The molecule has 8 nitrogen and oxygen atoms in total. The molecular weight excluding hydrogens is 346 g/mol. The van der Waals surface area contributed by atoms with Crippen molar-refractivity contribution in [3.8, 4) is 0 Å². The molecule has 4 rings (SSSR count). The lowest BCUT2D eigenvalue weighted by Crippen LogP contribution is -2.40. The summed E-state index contributed by atoms with van der Waals surface area (Å²) in [4.78, 5) is 14.5. The molecule has 1 aliphatic heterocycles. The molecule has 2 aromatic heterocycles. The van der Waals surface area contributed by atoms with Gasteiger partial charge in [-0.2, -0.15) is 0 Å². The molecule has 1 atom stereocenters. The van der Waals surface area contributed by atoms with Gasteiger partial charge >= 0.3 is 0 Å². The molecule has 0 radical (unpaired) electrons. The molecule has 0 aliphatic carbocycles. The minimum atomic E-state index is -0.606. The van der Waals surface area contributed by atoms with E-state index < -0.39 is 6.10 Å². The van der Waals surface area contributed by atoms with Crippen molar-refractivity contribution in [1.82, 2.24) is 25.1 Å².